The number of fused-ring (bicyclic) bond motifs is 4. The van der Waals surface area contributed by atoms with Gasteiger partial charge in [-0.2, -0.15) is 13.2 Å². The second kappa shape index (κ2) is 7.70. The van der Waals surface area contributed by atoms with Crippen molar-refractivity contribution in [2.75, 3.05) is 12.4 Å². The zero-order chi connectivity index (χ0) is 25.4. The van der Waals surface area contributed by atoms with E-state index in [0.717, 1.165) is 24.3 Å². The number of halogens is 5. The van der Waals surface area contributed by atoms with E-state index in [1.807, 2.05) is 0 Å². The van der Waals surface area contributed by atoms with Crippen molar-refractivity contribution in [2.45, 2.75) is 35.1 Å². The number of hydrogen-bond acceptors (Lipinski definition) is 4. The van der Waals surface area contributed by atoms with Gasteiger partial charge in [-0.05, 0) is 67.1 Å². The molecule has 2 aromatic rings. The van der Waals surface area contributed by atoms with Crippen LogP contribution in [0.2, 0.25) is 0 Å². The molecule has 5 rings (SSSR count). The van der Waals surface area contributed by atoms with Crippen LogP contribution in [0.15, 0.2) is 52.6 Å². The van der Waals surface area contributed by atoms with Crippen molar-refractivity contribution in [3.05, 3.63) is 70.4 Å². The van der Waals surface area contributed by atoms with Crippen molar-refractivity contribution < 1.29 is 39.3 Å². The van der Waals surface area contributed by atoms with E-state index < -0.39 is 69.8 Å². The van der Waals surface area contributed by atoms with Gasteiger partial charge in [0, 0.05) is 27.1 Å². The summed E-state index contributed by atoms with van der Waals surface area (Å²) >= 11 is 0. The lowest BCUT2D eigenvalue weighted by Crippen LogP contribution is -2.54. The Kier molecular flexibility index (Phi) is 5.30. The highest BCUT2D eigenvalue weighted by Gasteiger charge is 2.60. The van der Waals surface area contributed by atoms with Gasteiger partial charge in [0.2, 0.25) is 0 Å². The number of alkyl halides is 3. The molecule has 188 valence electrons. The maximum absolute atomic E-state index is 15.3. The standard InChI is InChI=1S/C23H20F5NO4S2/c1-34(30)11-9-15-16-12-33-21-18(25)7-6-17(24)20(21)22(16,10-8-19(15)29-34)35(31,32)14-4-2-13(3-5-14)23(26,27)28/h2-7,16H,1,8-12H2,(H,29,30)/t16-,22-,34?/m0/s1. The first-order valence-electron chi connectivity index (χ1n) is 10.7. The topological polar surface area (TPSA) is 72.5 Å². The molecule has 12 heteroatoms. The van der Waals surface area contributed by atoms with Gasteiger partial charge in [-0.15, -0.1) is 0 Å². The van der Waals surface area contributed by atoms with Gasteiger partial charge < -0.3 is 9.46 Å². The fraction of sp³-hybridized carbons (Fsp3) is 0.348. The Morgan fingerprint density at radius 1 is 1.06 bits per heavy atom. The number of benzene rings is 2. The summed E-state index contributed by atoms with van der Waals surface area (Å²) in [7, 11) is -7.21. The number of hydrogen-bond donors (Lipinski definition) is 1. The SMILES string of the molecule is C=S1(=O)CCC2=C(CC[C@@]3(S(=O)(=O)c4ccc(C(F)(F)F)cc4)c4c(F)ccc(F)c4OC[C@@H]23)N1. The number of rotatable bonds is 2. The molecule has 1 N–H and O–H groups in total. The van der Waals surface area contributed by atoms with Crippen LogP contribution in [0.25, 0.3) is 0 Å². The second-order valence-electron chi connectivity index (χ2n) is 8.88. The molecular weight excluding hydrogens is 513 g/mol. The van der Waals surface area contributed by atoms with Crippen LogP contribution in [-0.2, 0) is 30.5 Å². The van der Waals surface area contributed by atoms with Crippen molar-refractivity contribution in [1.29, 1.82) is 0 Å². The van der Waals surface area contributed by atoms with E-state index in [9.17, 15) is 30.2 Å². The number of nitrogens with one attached hydrogen (secondary N) is 1. The molecule has 0 saturated carbocycles. The first-order valence-corrected chi connectivity index (χ1v) is 14.0. The smallest absolute Gasteiger partial charge is 0.416 e. The van der Waals surface area contributed by atoms with Gasteiger partial charge in [0.15, 0.2) is 21.4 Å². The molecule has 2 heterocycles. The van der Waals surface area contributed by atoms with E-state index in [-0.39, 0.29) is 31.6 Å². The normalized spacial score (nSPS) is 28.3. The van der Waals surface area contributed by atoms with E-state index in [4.69, 9.17) is 4.74 Å². The van der Waals surface area contributed by atoms with Gasteiger partial charge in [0.05, 0.1) is 22.6 Å². The van der Waals surface area contributed by atoms with Crippen molar-refractivity contribution in [1.82, 2.24) is 4.72 Å². The van der Waals surface area contributed by atoms with Crippen LogP contribution in [0.5, 0.6) is 5.75 Å². The molecule has 0 fully saturated rings. The van der Waals surface area contributed by atoms with Gasteiger partial charge in [0.25, 0.3) is 0 Å². The zero-order valence-corrected chi connectivity index (χ0v) is 19.8. The molecule has 2 aliphatic heterocycles. The Morgan fingerprint density at radius 2 is 1.71 bits per heavy atom. The molecule has 35 heavy (non-hydrogen) atoms. The molecule has 3 atom stereocenters. The Bertz CT molecular complexity index is 1460. The third-order valence-corrected chi connectivity index (χ3v) is 11.0. The maximum Gasteiger partial charge on any atom is 0.416 e. The largest absolute Gasteiger partial charge is 0.489 e. The van der Waals surface area contributed by atoms with Gasteiger partial charge in [-0.25, -0.2) is 21.4 Å². The molecule has 5 nitrogen and oxygen atoms in total. The summed E-state index contributed by atoms with van der Waals surface area (Å²) in [6, 6.07) is 4.61. The minimum absolute atomic E-state index is 0.0492. The van der Waals surface area contributed by atoms with Crippen molar-refractivity contribution in [2.24, 2.45) is 5.92 Å². The second-order valence-corrected chi connectivity index (χ2v) is 13.3. The molecule has 0 saturated heterocycles. The van der Waals surface area contributed by atoms with Gasteiger partial charge >= 0.3 is 6.18 Å². The summed E-state index contributed by atoms with van der Waals surface area (Å²) < 4.78 is 117. The fourth-order valence-corrected chi connectivity index (χ4v) is 9.05. The lowest BCUT2D eigenvalue weighted by atomic mass is 9.70. The molecule has 0 radical (unpaired) electrons. The fourth-order valence-electron chi connectivity index (χ4n) is 5.39. The Hall–Kier alpha value is -2.60. The first kappa shape index (κ1) is 24.1. The lowest BCUT2D eigenvalue weighted by Gasteiger charge is -2.49. The minimum atomic E-state index is -4.68. The molecular formula is C23H20F5NO4S2. The third kappa shape index (κ3) is 3.55. The van der Waals surface area contributed by atoms with Gasteiger partial charge in [0.1, 0.15) is 10.6 Å². The van der Waals surface area contributed by atoms with Crippen LogP contribution in [-0.4, -0.2) is 30.9 Å². The van der Waals surface area contributed by atoms with Crippen LogP contribution in [0, 0.1) is 17.6 Å². The zero-order valence-electron chi connectivity index (χ0n) is 18.1. The quantitative estimate of drug-likeness (QED) is 0.461. The lowest BCUT2D eigenvalue weighted by molar-refractivity contribution is -0.137. The molecule has 1 aliphatic carbocycles. The number of allylic oxidation sites excluding steroid dienone is 1. The number of ether oxygens (including phenoxy) is 1. The molecule has 0 amide bonds. The van der Waals surface area contributed by atoms with Gasteiger partial charge in [-0.3, -0.25) is 0 Å². The van der Waals surface area contributed by atoms with E-state index in [1.54, 1.807) is 0 Å². The molecule has 0 bridgehead atoms. The monoisotopic (exact) mass is 533 g/mol. The molecule has 3 aliphatic rings. The van der Waals surface area contributed by atoms with Crippen molar-refractivity contribution in [3.8, 4) is 5.75 Å². The van der Waals surface area contributed by atoms with Crippen LogP contribution >= 0.6 is 0 Å². The Labute approximate surface area is 199 Å². The summed E-state index contributed by atoms with van der Waals surface area (Å²) in [4.78, 5) is -0.444. The highest BCUT2D eigenvalue weighted by Crippen LogP contribution is 2.58. The van der Waals surface area contributed by atoms with Crippen molar-refractivity contribution >= 4 is 25.4 Å². The molecule has 0 aromatic heterocycles. The third-order valence-electron chi connectivity index (χ3n) is 6.98. The molecule has 0 spiro atoms. The van der Waals surface area contributed by atoms with Crippen LogP contribution in [0.4, 0.5) is 22.0 Å². The minimum Gasteiger partial charge on any atom is -0.489 e. The van der Waals surface area contributed by atoms with Crippen LogP contribution in [0.1, 0.15) is 30.4 Å². The highest BCUT2D eigenvalue weighted by molar-refractivity contribution is 7.98. The van der Waals surface area contributed by atoms with Crippen LogP contribution < -0.4 is 9.46 Å². The van der Waals surface area contributed by atoms with E-state index in [1.165, 1.54) is 0 Å². The summed E-state index contributed by atoms with van der Waals surface area (Å²) in [5, 5.41) is 0. The van der Waals surface area contributed by atoms with E-state index in [2.05, 4.69) is 10.6 Å². The number of sulfone groups is 1. The highest BCUT2D eigenvalue weighted by atomic mass is 32.2. The van der Waals surface area contributed by atoms with Crippen molar-refractivity contribution in [3.63, 3.8) is 0 Å². The summed E-state index contributed by atoms with van der Waals surface area (Å²) in [5.41, 5.74) is -0.418. The molecule has 1 unspecified atom stereocenters. The predicted octanol–water partition coefficient (Wildman–Crippen LogP) is 4.33. The summed E-state index contributed by atoms with van der Waals surface area (Å²) in [6.45, 7) is -0.300. The average molecular weight is 534 g/mol. The predicted molar refractivity (Wildman–Crippen MR) is 120 cm³/mol. The van der Waals surface area contributed by atoms with E-state index in [0.29, 0.717) is 23.4 Å². The van der Waals surface area contributed by atoms with E-state index >= 15 is 4.39 Å². The summed E-state index contributed by atoms with van der Waals surface area (Å²) in [6.07, 6.45) is -4.65. The summed E-state index contributed by atoms with van der Waals surface area (Å²) in [5.74, 6) is 0.333. The molecule has 2 aromatic carbocycles. The van der Waals surface area contributed by atoms with Crippen LogP contribution in [0.3, 0.4) is 0 Å². The maximum atomic E-state index is 15.3. The Balaban J connectivity index is 1.76. The first-order chi connectivity index (χ1) is 16.3. The Morgan fingerprint density at radius 3 is 2.37 bits per heavy atom. The van der Waals surface area contributed by atoms with Gasteiger partial charge in [-0.1, -0.05) is 0 Å². The average Bonchev–Trinajstić information content (AvgIpc) is 2.79.